The normalized spacial score (nSPS) is 25.7. The molecule has 1 saturated heterocycles. The Morgan fingerprint density at radius 1 is 1.60 bits per heavy atom. The molecular weight excluding hydrogens is 276 g/mol. The third kappa shape index (κ3) is 3.30. The number of nitrogens with zero attached hydrogens (tertiary/aromatic N) is 1. The first-order valence-electron chi connectivity index (χ1n) is 7.05. The summed E-state index contributed by atoms with van der Waals surface area (Å²) in [7, 11) is 0. The summed E-state index contributed by atoms with van der Waals surface area (Å²) in [6.07, 6.45) is 2.62. The van der Waals surface area contributed by atoms with Crippen molar-refractivity contribution in [1.82, 2.24) is 10.3 Å². The minimum atomic E-state index is -0.322. The minimum absolute atomic E-state index is 0.0128. The zero-order valence-electron chi connectivity index (χ0n) is 12.2. The predicted octanol–water partition coefficient (Wildman–Crippen LogP) is 2.98. The van der Waals surface area contributed by atoms with Gasteiger partial charge >= 0.3 is 0 Å². The minimum Gasteiger partial charge on any atom is -0.376 e. The number of hydrogen-bond acceptors (Lipinski definition) is 3. The van der Waals surface area contributed by atoms with Gasteiger partial charge in [-0.25, -0.2) is 4.98 Å². The number of carbonyl (C=O) groups excluding carboxylic acids is 1. The maximum atomic E-state index is 12.4. The van der Waals surface area contributed by atoms with Gasteiger partial charge in [-0.2, -0.15) is 0 Å². The van der Waals surface area contributed by atoms with E-state index in [1.165, 1.54) is 0 Å². The second kappa shape index (κ2) is 6.10. The van der Waals surface area contributed by atoms with Crippen molar-refractivity contribution in [1.29, 1.82) is 0 Å². The molecule has 1 aliphatic rings. The number of aromatic nitrogens is 1. The van der Waals surface area contributed by atoms with Gasteiger partial charge in [0.25, 0.3) is 5.91 Å². The molecule has 1 aromatic heterocycles. The molecule has 4 nitrogen and oxygen atoms in total. The van der Waals surface area contributed by atoms with E-state index >= 15 is 0 Å². The molecule has 2 unspecified atom stereocenters. The molecule has 1 aliphatic heterocycles. The van der Waals surface area contributed by atoms with Crippen molar-refractivity contribution in [3.8, 4) is 0 Å². The summed E-state index contributed by atoms with van der Waals surface area (Å²) in [6, 6.07) is 3.43. The number of halogens is 1. The van der Waals surface area contributed by atoms with Crippen LogP contribution in [-0.4, -0.2) is 29.1 Å². The van der Waals surface area contributed by atoms with Crippen LogP contribution in [0.3, 0.4) is 0 Å². The topological polar surface area (TPSA) is 51.2 Å². The molecule has 5 heteroatoms. The fourth-order valence-electron chi connectivity index (χ4n) is 2.40. The zero-order chi connectivity index (χ0) is 14.8. The monoisotopic (exact) mass is 296 g/mol. The Balaban J connectivity index is 2.16. The lowest BCUT2D eigenvalue weighted by atomic mass is 9.94. The van der Waals surface area contributed by atoms with Gasteiger partial charge in [-0.1, -0.05) is 24.9 Å². The Hall–Kier alpha value is -1.13. The third-order valence-corrected chi connectivity index (χ3v) is 4.09. The van der Waals surface area contributed by atoms with Crippen molar-refractivity contribution in [3.05, 3.63) is 28.5 Å². The predicted molar refractivity (Wildman–Crippen MR) is 79.1 cm³/mol. The van der Waals surface area contributed by atoms with Gasteiger partial charge in [0, 0.05) is 17.9 Å². The second-order valence-corrected chi connectivity index (χ2v) is 5.94. The van der Waals surface area contributed by atoms with Crippen molar-refractivity contribution in [2.24, 2.45) is 0 Å². The molecule has 0 aromatic carbocycles. The average Bonchev–Trinajstić information content (AvgIpc) is 2.69. The van der Waals surface area contributed by atoms with Crippen molar-refractivity contribution < 1.29 is 9.53 Å². The Labute approximate surface area is 124 Å². The van der Waals surface area contributed by atoms with Gasteiger partial charge in [-0.05, 0) is 38.8 Å². The quantitative estimate of drug-likeness (QED) is 0.869. The van der Waals surface area contributed by atoms with Gasteiger partial charge in [0.2, 0.25) is 0 Å². The number of pyridine rings is 1. The molecule has 1 fully saturated rings. The molecule has 0 spiro atoms. The van der Waals surface area contributed by atoms with E-state index in [0.717, 1.165) is 25.0 Å². The summed E-state index contributed by atoms with van der Waals surface area (Å²) in [5, 5.41) is 3.43. The summed E-state index contributed by atoms with van der Waals surface area (Å²) in [5.74, 6) is -0.119. The maximum absolute atomic E-state index is 12.4. The lowest BCUT2D eigenvalue weighted by molar-refractivity contribution is 0.0727. The zero-order valence-corrected chi connectivity index (χ0v) is 13.0. The summed E-state index contributed by atoms with van der Waals surface area (Å²) in [6.45, 7) is 6.74. The van der Waals surface area contributed by atoms with Crippen molar-refractivity contribution in [3.63, 3.8) is 0 Å². The molecule has 2 rings (SSSR count). The lowest BCUT2D eigenvalue weighted by Gasteiger charge is -2.29. The molecule has 2 heterocycles. The summed E-state index contributed by atoms with van der Waals surface area (Å²) < 4.78 is 5.54. The van der Waals surface area contributed by atoms with Gasteiger partial charge in [0.15, 0.2) is 0 Å². The number of nitrogens with one attached hydrogen (secondary N) is 1. The van der Waals surface area contributed by atoms with E-state index in [1.807, 2.05) is 19.9 Å². The summed E-state index contributed by atoms with van der Waals surface area (Å²) >= 11 is 5.99. The van der Waals surface area contributed by atoms with E-state index in [4.69, 9.17) is 16.3 Å². The molecule has 110 valence electrons. The molecule has 0 aliphatic carbocycles. The first-order valence-corrected chi connectivity index (χ1v) is 7.43. The second-order valence-electron chi connectivity index (χ2n) is 5.55. The molecule has 20 heavy (non-hydrogen) atoms. The third-order valence-electron chi connectivity index (χ3n) is 3.90. The molecule has 0 bridgehead atoms. The highest BCUT2D eigenvalue weighted by atomic mass is 35.5. The van der Waals surface area contributed by atoms with Crippen molar-refractivity contribution in [2.45, 2.75) is 51.7 Å². The molecule has 1 N–H and O–H groups in total. The van der Waals surface area contributed by atoms with Crippen LogP contribution in [0.15, 0.2) is 12.1 Å². The van der Waals surface area contributed by atoms with Gasteiger partial charge in [0.1, 0.15) is 5.15 Å². The van der Waals surface area contributed by atoms with Crippen LogP contribution in [0.2, 0.25) is 5.15 Å². The van der Waals surface area contributed by atoms with E-state index in [2.05, 4.69) is 17.2 Å². The van der Waals surface area contributed by atoms with Gasteiger partial charge in [-0.3, -0.25) is 4.79 Å². The molecule has 0 saturated carbocycles. The largest absolute Gasteiger partial charge is 0.376 e. The van der Waals surface area contributed by atoms with Crippen LogP contribution in [0.25, 0.3) is 0 Å². The number of ether oxygens (including phenoxy) is 1. The van der Waals surface area contributed by atoms with E-state index in [0.29, 0.717) is 17.3 Å². The molecule has 1 amide bonds. The van der Waals surface area contributed by atoms with Gasteiger partial charge in [-0.15, -0.1) is 0 Å². The first kappa shape index (κ1) is 15.3. The Morgan fingerprint density at radius 2 is 2.35 bits per heavy atom. The van der Waals surface area contributed by atoms with Crippen LogP contribution in [-0.2, 0) is 11.2 Å². The SMILES string of the molecule is CCCc1cc(C(=O)NC2(C)CCOC2C)cc(Cl)n1. The van der Waals surface area contributed by atoms with Crippen LogP contribution in [0.4, 0.5) is 0 Å². The van der Waals surface area contributed by atoms with E-state index in [-0.39, 0.29) is 17.6 Å². The van der Waals surface area contributed by atoms with E-state index < -0.39 is 0 Å². The van der Waals surface area contributed by atoms with E-state index in [1.54, 1.807) is 6.07 Å². The highest BCUT2D eigenvalue weighted by Gasteiger charge is 2.38. The Bertz CT molecular complexity index is 507. The standard InChI is InChI=1S/C15H21ClN2O2/c1-4-5-12-8-11(9-13(16)17-12)14(19)18-15(3)6-7-20-10(15)2/h8-10H,4-7H2,1-3H3,(H,18,19). The highest BCUT2D eigenvalue weighted by Crippen LogP contribution is 2.25. The number of rotatable bonds is 4. The number of carbonyl (C=O) groups is 1. The van der Waals surface area contributed by atoms with Crippen LogP contribution < -0.4 is 5.32 Å². The number of hydrogen-bond donors (Lipinski definition) is 1. The highest BCUT2D eigenvalue weighted by molar-refractivity contribution is 6.29. The van der Waals surface area contributed by atoms with Gasteiger partial charge < -0.3 is 10.1 Å². The first-order chi connectivity index (χ1) is 9.44. The number of aryl methyl sites for hydroxylation is 1. The average molecular weight is 297 g/mol. The summed E-state index contributed by atoms with van der Waals surface area (Å²) in [4.78, 5) is 16.6. The molecule has 2 atom stereocenters. The van der Waals surface area contributed by atoms with Crippen LogP contribution >= 0.6 is 11.6 Å². The fraction of sp³-hybridized carbons (Fsp3) is 0.600. The molecular formula is C15H21ClN2O2. The molecule has 0 radical (unpaired) electrons. The van der Waals surface area contributed by atoms with Crippen LogP contribution in [0.5, 0.6) is 0 Å². The Morgan fingerprint density at radius 3 is 2.95 bits per heavy atom. The maximum Gasteiger partial charge on any atom is 0.251 e. The van der Waals surface area contributed by atoms with Gasteiger partial charge in [0.05, 0.1) is 11.6 Å². The fourth-order valence-corrected chi connectivity index (χ4v) is 2.62. The Kier molecular flexibility index (Phi) is 4.66. The molecule has 1 aromatic rings. The van der Waals surface area contributed by atoms with E-state index in [9.17, 15) is 4.79 Å². The van der Waals surface area contributed by atoms with Crippen LogP contribution in [0.1, 0.15) is 49.7 Å². The number of amides is 1. The van der Waals surface area contributed by atoms with Crippen LogP contribution in [0, 0.1) is 0 Å². The van der Waals surface area contributed by atoms with Crippen molar-refractivity contribution >= 4 is 17.5 Å². The van der Waals surface area contributed by atoms with Crippen molar-refractivity contribution in [2.75, 3.05) is 6.61 Å². The lowest BCUT2D eigenvalue weighted by Crippen LogP contribution is -2.50. The smallest absolute Gasteiger partial charge is 0.251 e. The summed E-state index contributed by atoms with van der Waals surface area (Å²) in [5.41, 5.74) is 1.09.